The molecular weight excluding hydrogens is 444 g/mol. The summed E-state index contributed by atoms with van der Waals surface area (Å²) in [4.78, 5) is 28.7. The quantitative estimate of drug-likeness (QED) is 0.222. The largest absolute Gasteiger partial charge is 0.494 e. The predicted molar refractivity (Wildman–Crippen MR) is 142 cm³/mol. The van der Waals surface area contributed by atoms with E-state index < -0.39 is 5.41 Å². The molecule has 6 rings (SSSR count). The third-order valence-electron chi connectivity index (χ3n) is 7.28. The maximum Gasteiger partial charge on any atom is 0.186 e. The van der Waals surface area contributed by atoms with E-state index in [1.807, 2.05) is 91.0 Å². The van der Waals surface area contributed by atoms with Crippen LogP contribution in [0.4, 0.5) is 0 Å². The number of carbonyl (C=O) groups is 2. The van der Waals surface area contributed by atoms with Gasteiger partial charge >= 0.3 is 0 Å². The van der Waals surface area contributed by atoms with Gasteiger partial charge in [0, 0.05) is 11.1 Å². The van der Waals surface area contributed by atoms with Gasteiger partial charge in [-0.3, -0.25) is 9.59 Å². The molecule has 0 aromatic heterocycles. The molecule has 0 amide bonds. The first-order valence-corrected chi connectivity index (χ1v) is 12.5. The van der Waals surface area contributed by atoms with E-state index in [-0.39, 0.29) is 11.6 Å². The van der Waals surface area contributed by atoms with Gasteiger partial charge in [-0.25, -0.2) is 0 Å². The Morgan fingerprint density at radius 3 is 1.86 bits per heavy atom. The highest BCUT2D eigenvalue weighted by Crippen LogP contribution is 2.59. The fraction of sp³-hybridized carbons (Fsp3) is 0.152. The predicted octanol–water partition coefficient (Wildman–Crippen LogP) is 7.16. The number of rotatable bonds is 6. The van der Waals surface area contributed by atoms with Gasteiger partial charge in [0.05, 0.1) is 6.61 Å². The molecule has 3 nitrogen and oxygen atoms in total. The second-order valence-electron chi connectivity index (χ2n) is 9.35. The van der Waals surface area contributed by atoms with Crippen LogP contribution in [0.15, 0.2) is 103 Å². The monoisotopic (exact) mass is 470 g/mol. The Kier molecular flexibility index (Phi) is 5.41. The van der Waals surface area contributed by atoms with E-state index in [0.717, 1.165) is 52.0 Å². The normalized spacial score (nSPS) is 15.4. The van der Waals surface area contributed by atoms with Gasteiger partial charge in [-0.05, 0) is 52.0 Å². The van der Waals surface area contributed by atoms with Crippen LogP contribution >= 0.6 is 0 Å². The number of allylic oxidation sites excluding steroid dienone is 1. The van der Waals surface area contributed by atoms with Crippen LogP contribution in [-0.2, 0) is 5.41 Å². The summed E-state index contributed by atoms with van der Waals surface area (Å²) in [5.74, 6) is 0.429. The molecule has 1 spiro atoms. The van der Waals surface area contributed by atoms with Crippen molar-refractivity contribution in [3.05, 3.63) is 137 Å². The molecule has 0 radical (unpaired) electrons. The molecule has 4 aromatic rings. The number of carbonyl (C=O) groups excluding carboxylic acids is 2. The minimum Gasteiger partial charge on any atom is -0.494 e. The summed E-state index contributed by atoms with van der Waals surface area (Å²) in [7, 11) is 0. The minimum absolute atomic E-state index is 0.159. The van der Waals surface area contributed by atoms with Crippen molar-refractivity contribution < 1.29 is 14.3 Å². The van der Waals surface area contributed by atoms with Crippen LogP contribution in [0, 0.1) is 0 Å². The van der Waals surface area contributed by atoms with Crippen LogP contribution < -0.4 is 4.74 Å². The second-order valence-corrected chi connectivity index (χ2v) is 9.35. The Hall–Kier alpha value is -4.24. The van der Waals surface area contributed by atoms with E-state index in [2.05, 4.69) is 6.92 Å². The van der Waals surface area contributed by atoms with Gasteiger partial charge in [0.25, 0.3) is 0 Å². The molecule has 36 heavy (non-hydrogen) atoms. The van der Waals surface area contributed by atoms with Crippen molar-refractivity contribution in [3.63, 3.8) is 0 Å². The number of ketones is 2. The van der Waals surface area contributed by atoms with Gasteiger partial charge in [0.2, 0.25) is 0 Å². The zero-order valence-electron chi connectivity index (χ0n) is 20.2. The average molecular weight is 471 g/mol. The molecule has 176 valence electrons. The lowest BCUT2D eigenvalue weighted by molar-refractivity contribution is 0.0845. The molecule has 2 aliphatic rings. The number of hydrogen-bond donors (Lipinski definition) is 0. The third kappa shape index (κ3) is 3.12. The van der Waals surface area contributed by atoms with Crippen molar-refractivity contribution in [1.82, 2.24) is 0 Å². The molecule has 0 aliphatic heterocycles. The van der Waals surface area contributed by atoms with E-state index in [1.54, 1.807) is 12.1 Å². The summed E-state index contributed by atoms with van der Waals surface area (Å²) in [5, 5.41) is 0. The van der Waals surface area contributed by atoms with E-state index in [9.17, 15) is 9.59 Å². The Morgan fingerprint density at radius 1 is 0.667 bits per heavy atom. The van der Waals surface area contributed by atoms with Gasteiger partial charge in [0.15, 0.2) is 11.6 Å². The second kappa shape index (κ2) is 8.76. The maximum absolute atomic E-state index is 14.4. The van der Waals surface area contributed by atoms with Crippen molar-refractivity contribution in [2.75, 3.05) is 6.61 Å². The lowest BCUT2D eigenvalue weighted by atomic mass is 9.70. The van der Waals surface area contributed by atoms with E-state index >= 15 is 0 Å². The van der Waals surface area contributed by atoms with Crippen molar-refractivity contribution >= 4 is 22.7 Å². The molecule has 0 heterocycles. The molecular formula is C33H26O3. The lowest BCUT2D eigenvalue weighted by Crippen LogP contribution is -2.38. The smallest absolute Gasteiger partial charge is 0.186 e. The van der Waals surface area contributed by atoms with Gasteiger partial charge in [-0.1, -0.05) is 104 Å². The highest BCUT2D eigenvalue weighted by atomic mass is 16.5. The first-order valence-electron chi connectivity index (χ1n) is 12.5. The summed E-state index contributed by atoms with van der Waals surface area (Å²) in [6.45, 7) is 2.76. The first kappa shape index (κ1) is 22.2. The number of fused-ring (bicyclic) bond motifs is 3. The van der Waals surface area contributed by atoms with E-state index in [1.165, 1.54) is 0 Å². The number of hydrogen-bond acceptors (Lipinski definition) is 3. The minimum atomic E-state index is -1.42. The molecule has 4 aromatic carbocycles. The zero-order chi connectivity index (χ0) is 24.7. The summed E-state index contributed by atoms with van der Waals surface area (Å²) in [6, 6.07) is 32.9. The molecule has 3 heteroatoms. The van der Waals surface area contributed by atoms with Crippen LogP contribution in [0.5, 0.6) is 5.75 Å². The van der Waals surface area contributed by atoms with Crippen LogP contribution in [0.25, 0.3) is 11.1 Å². The Morgan fingerprint density at radius 2 is 1.25 bits per heavy atom. The molecule has 0 atom stereocenters. The van der Waals surface area contributed by atoms with Crippen molar-refractivity contribution in [2.24, 2.45) is 0 Å². The van der Waals surface area contributed by atoms with Crippen LogP contribution in [-0.4, -0.2) is 18.2 Å². The van der Waals surface area contributed by atoms with Gasteiger partial charge in [-0.15, -0.1) is 0 Å². The fourth-order valence-electron chi connectivity index (χ4n) is 5.67. The first-order chi connectivity index (χ1) is 17.7. The number of benzene rings is 4. The maximum atomic E-state index is 14.4. The molecule has 0 saturated carbocycles. The number of Topliss-reactive ketones (excluding diaryl/α,β-unsaturated/α-hetero) is 2. The van der Waals surface area contributed by atoms with Crippen molar-refractivity contribution in [1.29, 1.82) is 0 Å². The van der Waals surface area contributed by atoms with Gasteiger partial charge in [0.1, 0.15) is 11.2 Å². The Bertz CT molecular complexity index is 1480. The third-order valence-corrected chi connectivity index (χ3v) is 7.28. The standard InChI is InChI=1S/C33H26O3/c1-2-3-20-36-24-18-19-28-27(21-24)29(22-12-6-4-7-13-22)30(23-14-8-5-9-15-23)33(28)31(34)25-16-10-11-17-26(25)32(33)35/h4-19,21H,2-3,20H2,1H3. The average Bonchev–Trinajstić information content (AvgIpc) is 3.35. The van der Waals surface area contributed by atoms with Crippen molar-refractivity contribution in [2.45, 2.75) is 25.2 Å². The summed E-state index contributed by atoms with van der Waals surface area (Å²) in [5.41, 5.74) is 4.66. The summed E-state index contributed by atoms with van der Waals surface area (Å²) in [6.07, 6.45) is 2.01. The Labute approximate surface area is 211 Å². The molecule has 0 fully saturated rings. The van der Waals surface area contributed by atoms with Crippen LogP contribution in [0.1, 0.15) is 62.7 Å². The number of ether oxygens (including phenoxy) is 1. The van der Waals surface area contributed by atoms with E-state index in [0.29, 0.717) is 17.7 Å². The summed E-state index contributed by atoms with van der Waals surface area (Å²) < 4.78 is 6.07. The topological polar surface area (TPSA) is 43.4 Å². The Balaban J connectivity index is 1.70. The SMILES string of the molecule is CCCCOc1ccc2c(c1)C(c1ccccc1)=C(c1ccccc1)C21C(=O)c2ccccc2C1=O. The lowest BCUT2D eigenvalue weighted by Gasteiger charge is -2.26. The van der Waals surface area contributed by atoms with Crippen molar-refractivity contribution in [3.8, 4) is 5.75 Å². The molecule has 0 saturated heterocycles. The molecule has 0 bridgehead atoms. The fourth-order valence-corrected chi connectivity index (χ4v) is 5.67. The summed E-state index contributed by atoms with van der Waals surface area (Å²) >= 11 is 0. The zero-order valence-corrected chi connectivity index (χ0v) is 20.2. The number of unbranched alkanes of at least 4 members (excludes halogenated alkanes) is 1. The van der Waals surface area contributed by atoms with Gasteiger partial charge in [-0.2, -0.15) is 0 Å². The highest BCUT2D eigenvalue weighted by molar-refractivity contribution is 6.43. The van der Waals surface area contributed by atoms with Crippen LogP contribution in [0.3, 0.4) is 0 Å². The molecule has 2 aliphatic carbocycles. The van der Waals surface area contributed by atoms with Crippen LogP contribution in [0.2, 0.25) is 0 Å². The molecule has 0 N–H and O–H groups in total. The van der Waals surface area contributed by atoms with Gasteiger partial charge < -0.3 is 4.74 Å². The molecule has 0 unspecified atom stereocenters. The van der Waals surface area contributed by atoms with E-state index in [4.69, 9.17) is 4.74 Å². The highest BCUT2D eigenvalue weighted by Gasteiger charge is 2.61.